The summed E-state index contributed by atoms with van der Waals surface area (Å²) in [5.74, 6) is 0.760. The van der Waals surface area contributed by atoms with Crippen molar-refractivity contribution < 1.29 is 5.11 Å². The van der Waals surface area contributed by atoms with Gasteiger partial charge in [-0.3, -0.25) is 0 Å². The molecule has 2 N–H and O–H groups in total. The van der Waals surface area contributed by atoms with E-state index in [0.717, 1.165) is 18.9 Å². The molecule has 0 aliphatic carbocycles. The predicted molar refractivity (Wildman–Crippen MR) is 53.2 cm³/mol. The summed E-state index contributed by atoms with van der Waals surface area (Å²) in [5, 5.41) is 12.1. The SMILES string of the molecule is CCCC(C)CNC(C)CCO. The standard InChI is InChI=1S/C10H23NO/c1-4-5-9(2)8-11-10(3)6-7-12/h9-12H,4-8H2,1-3H3. The highest BCUT2D eigenvalue weighted by Crippen LogP contribution is 2.03. The van der Waals surface area contributed by atoms with Crippen molar-refractivity contribution in [1.82, 2.24) is 5.32 Å². The van der Waals surface area contributed by atoms with E-state index < -0.39 is 0 Å². The molecule has 0 rings (SSSR count). The molecule has 0 bridgehead atoms. The molecule has 0 aromatic carbocycles. The molecule has 74 valence electrons. The van der Waals surface area contributed by atoms with Gasteiger partial charge in [-0.05, 0) is 32.2 Å². The van der Waals surface area contributed by atoms with E-state index in [9.17, 15) is 0 Å². The van der Waals surface area contributed by atoms with Crippen molar-refractivity contribution in [1.29, 1.82) is 0 Å². The zero-order valence-electron chi connectivity index (χ0n) is 8.64. The highest BCUT2D eigenvalue weighted by molar-refractivity contribution is 4.62. The fraction of sp³-hybridized carbons (Fsp3) is 1.00. The molecule has 0 aromatic heterocycles. The molecule has 0 spiro atoms. The zero-order valence-corrected chi connectivity index (χ0v) is 8.64. The van der Waals surface area contributed by atoms with E-state index in [1.54, 1.807) is 0 Å². The van der Waals surface area contributed by atoms with Crippen LogP contribution in [0.3, 0.4) is 0 Å². The van der Waals surface area contributed by atoms with Crippen molar-refractivity contribution in [3.8, 4) is 0 Å². The molecule has 0 aliphatic rings. The van der Waals surface area contributed by atoms with Crippen molar-refractivity contribution in [2.75, 3.05) is 13.2 Å². The van der Waals surface area contributed by atoms with E-state index >= 15 is 0 Å². The second-order valence-electron chi connectivity index (χ2n) is 3.72. The number of nitrogens with one attached hydrogen (secondary N) is 1. The molecule has 2 atom stereocenters. The van der Waals surface area contributed by atoms with Crippen LogP contribution in [-0.4, -0.2) is 24.3 Å². The monoisotopic (exact) mass is 173 g/mol. The Balaban J connectivity index is 3.27. The molecular weight excluding hydrogens is 150 g/mol. The van der Waals surface area contributed by atoms with Crippen LogP contribution in [0, 0.1) is 5.92 Å². The maximum absolute atomic E-state index is 8.67. The Hall–Kier alpha value is -0.0800. The van der Waals surface area contributed by atoms with Gasteiger partial charge in [-0.25, -0.2) is 0 Å². The van der Waals surface area contributed by atoms with Gasteiger partial charge in [-0.2, -0.15) is 0 Å². The molecule has 2 heteroatoms. The average molecular weight is 173 g/mol. The molecule has 0 radical (unpaired) electrons. The number of hydrogen-bond acceptors (Lipinski definition) is 2. The lowest BCUT2D eigenvalue weighted by Crippen LogP contribution is -2.31. The summed E-state index contributed by atoms with van der Waals surface area (Å²) in [4.78, 5) is 0. The Morgan fingerprint density at radius 1 is 1.25 bits per heavy atom. The molecule has 2 unspecified atom stereocenters. The van der Waals surface area contributed by atoms with Crippen LogP contribution in [0.25, 0.3) is 0 Å². The van der Waals surface area contributed by atoms with E-state index in [0.29, 0.717) is 6.04 Å². The normalized spacial score (nSPS) is 16.0. The quantitative estimate of drug-likeness (QED) is 0.615. The van der Waals surface area contributed by atoms with Crippen LogP contribution in [0.4, 0.5) is 0 Å². The third kappa shape index (κ3) is 6.62. The smallest absolute Gasteiger partial charge is 0.0445 e. The molecule has 0 saturated heterocycles. The summed E-state index contributed by atoms with van der Waals surface area (Å²) in [6, 6.07) is 0.453. The van der Waals surface area contributed by atoms with Crippen LogP contribution in [0.15, 0.2) is 0 Å². The first-order valence-corrected chi connectivity index (χ1v) is 5.05. The van der Waals surface area contributed by atoms with Gasteiger partial charge in [0, 0.05) is 12.6 Å². The Bertz CT molecular complexity index is 83.8. The van der Waals surface area contributed by atoms with Crippen LogP contribution in [-0.2, 0) is 0 Å². The van der Waals surface area contributed by atoms with Gasteiger partial charge in [0.15, 0.2) is 0 Å². The molecule has 2 nitrogen and oxygen atoms in total. The topological polar surface area (TPSA) is 32.3 Å². The van der Waals surface area contributed by atoms with Crippen LogP contribution in [0.1, 0.15) is 40.0 Å². The fourth-order valence-electron chi connectivity index (χ4n) is 1.29. The minimum atomic E-state index is 0.288. The molecule has 12 heavy (non-hydrogen) atoms. The molecule has 0 saturated carbocycles. The van der Waals surface area contributed by atoms with Crippen LogP contribution in [0.2, 0.25) is 0 Å². The van der Waals surface area contributed by atoms with Gasteiger partial charge in [0.25, 0.3) is 0 Å². The zero-order chi connectivity index (χ0) is 9.40. The maximum Gasteiger partial charge on any atom is 0.0445 e. The number of hydrogen-bond donors (Lipinski definition) is 2. The minimum absolute atomic E-state index is 0.288. The highest BCUT2D eigenvalue weighted by Gasteiger charge is 2.03. The summed E-state index contributed by atoms with van der Waals surface area (Å²) in [5.41, 5.74) is 0. The van der Waals surface area contributed by atoms with Crippen LogP contribution in [0.5, 0.6) is 0 Å². The van der Waals surface area contributed by atoms with E-state index in [2.05, 4.69) is 26.1 Å². The Morgan fingerprint density at radius 3 is 2.42 bits per heavy atom. The van der Waals surface area contributed by atoms with Gasteiger partial charge in [0.1, 0.15) is 0 Å². The van der Waals surface area contributed by atoms with Crippen molar-refractivity contribution in [3.05, 3.63) is 0 Å². The highest BCUT2D eigenvalue weighted by atomic mass is 16.3. The van der Waals surface area contributed by atoms with E-state index in [-0.39, 0.29) is 6.61 Å². The third-order valence-electron chi connectivity index (χ3n) is 2.16. The van der Waals surface area contributed by atoms with Gasteiger partial charge in [-0.15, -0.1) is 0 Å². The Labute approximate surface area is 76.4 Å². The summed E-state index contributed by atoms with van der Waals surface area (Å²) < 4.78 is 0. The predicted octanol–water partition coefficient (Wildman–Crippen LogP) is 1.78. The van der Waals surface area contributed by atoms with Gasteiger partial charge in [0.05, 0.1) is 0 Å². The Morgan fingerprint density at radius 2 is 1.92 bits per heavy atom. The van der Waals surface area contributed by atoms with Crippen LogP contribution >= 0.6 is 0 Å². The molecule has 0 heterocycles. The number of aliphatic hydroxyl groups is 1. The summed E-state index contributed by atoms with van der Waals surface area (Å²) in [7, 11) is 0. The van der Waals surface area contributed by atoms with Gasteiger partial charge in [0.2, 0.25) is 0 Å². The van der Waals surface area contributed by atoms with Gasteiger partial charge < -0.3 is 10.4 Å². The number of aliphatic hydroxyl groups excluding tert-OH is 1. The minimum Gasteiger partial charge on any atom is -0.396 e. The van der Waals surface area contributed by atoms with Gasteiger partial charge in [-0.1, -0.05) is 20.3 Å². The molecular formula is C10H23NO. The Kier molecular flexibility index (Phi) is 7.51. The van der Waals surface area contributed by atoms with Crippen molar-refractivity contribution in [2.45, 2.75) is 46.1 Å². The second-order valence-corrected chi connectivity index (χ2v) is 3.72. The molecule has 0 fully saturated rings. The molecule has 0 aliphatic heterocycles. The molecule has 0 amide bonds. The number of rotatable bonds is 7. The van der Waals surface area contributed by atoms with Crippen LogP contribution < -0.4 is 5.32 Å². The first kappa shape index (κ1) is 11.9. The lowest BCUT2D eigenvalue weighted by Gasteiger charge is -2.16. The maximum atomic E-state index is 8.67. The van der Waals surface area contributed by atoms with E-state index in [1.807, 2.05) is 0 Å². The van der Waals surface area contributed by atoms with Crippen molar-refractivity contribution in [3.63, 3.8) is 0 Å². The average Bonchev–Trinajstić information content (AvgIpc) is 2.02. The van der Waals surface area contributed by atoms with Crippen molar-refractivity contribution in [2.24, 2.45) is 5.92 Å². The first-order chi connectivity index (χ1) is 5.70. The van der Waals surface area contributed by atoms with Crippen molar-refractivity contribution >= 4 is 0 Å². The fourth-order valence-corrected chi connectivity index (χ4v) is 1.29. The van der Waals surface area contributed by atoms with E-state index in [4.69, 9.17) is 5.11 Å². The second kappa shape index (κ2) is 7.56. The summed E-state index contributed by atoms with van der Waals surface area (Å²) in [6.45, 7) is 7.97. The third-order valence-corrected chi connectivity index (χ3v) is 2.16. The summed E-state index contributed by atoms with van der Waals surface area (Å²) >= 11 is 0. The lowest BCUT2D eigenvalue weighted by atomic mass is 10.1. The molecule has 0 aromatic rings. The lowest BCUT2D eigenvalue weighted by molar-refractivity contribution is 0.266. The summed E-state index contributed by atoms with van der Waals surface area (Å²) in [6.07, 6.45) is 3.41. The first-order valence-electron chi connectivity index (χ1n) is 5.05. The van der Waals surface area contributed by atoms with E-state index in [1.165, 1.54) is 12.8 Å². The largest absolute Gasteiger partial charge is 0.396 e. The van der Waals surface area contributed by atoms with Gasteiger partial charge >= 0.3 is 0 Å².